The van der Waals surface area contributed by atoms with Gasteiger partial charge in [0.2, 0.25) is 0 Å². The first kappa shape index (κ1) is 9.43. The molecule has 2 heterocycles. The standard InChI is InChI=1S/C8H11BrN2OS/c1-6-5-11(2-3-12-6)8-10-4-7(9)13-8/h4,6H,2-3,5H2,1H3. The van der Waals surface area contributed by atoms with E-state index in [1.165, 1.54) is 0 Å². The van der Waals surface area contributed by atoms with Crippen LogP contribution >= 0.6 is 27.3 Å². The van der Waals surface area contributed by atoms with Crippen LogP contribution in [0, 0.1) is 0 Å². The van der Waals surface area contributed by atoms with Crippen molar-refractivity contribution < 1.29 is 4.74 Å². The molecule has 0 amide bonds. The fourth-order valence-corrected chi connectivity index (χ4v) is 2.60. The van der Waals surface area contributed by atoms with Crippen LogP contribution in [-0.2, 0) is 4.74 Å². The summed E-state index contributed by atoms with van der Waals surface area (Å²) in [6.07, 6.45) is 2.16. The van der Waals surface area contributed by atoms with Gasteiger partial charge in [-0.1, -0.05) is 11.3 Å². The van der Waals surface area contributed by atoms with Gasteiger partial charge in [-0.2, -0.15) is 0 Å². The summed E-state index contributed by atoms with van der Waals surface area (Å²) >= 11 is 5.08. The second kappa shape index (κ2) is 3.94. The minimum atomic E-state index is 0.316. The molecule has 1 saturated heterocycles. The Kier molecular flexibility index (Phi) is 2.86. The summed E-state index contributed by atoms with van der Waals surface area (Å²) in [7, 11) is 0. The maximum atomic E-state index is 5.46. The van der Waals surface area contributed by atoms with Crippen molar-refractivity contribution in [3.63, 3.8) is 0 Å². The Labute approximate surface area is 89.9 Å². The Hall–Kier alpha value is -0.130. The van der Waals surface area contributed by atoms with Gasteiger partial charge in [0.25, 0.3) is 0 Å². The maximum absolute atomic E-state index is 5.46. The van der Waals surface area contributed by atoms with Crippen molar-refractivity contribution in [1.29, 1.82) is 0 Å². The van der Waals surface area contributed by atoms with Gasteiger partial charge in [-0.3, -0.25) is 0 Å². The molecule has 72 valence electrons. The molecule has 0 saturated carbocycles. The average Bonchev–Trinajstić information content (AvgIpc) is 2.52. The summed E-state index contributed by atoms with van der Waals surface area (Å²) in [6.45, 7) is 4.79. The second-order valence-corrected chi connectivity index (χ2v) is 5.46. The molecular weight excluding hydrogens is 252 g/mol. The van der Waals surface area contributed by atoms with Gasteiger partial charge in [0.1, 0.15) is 0 Å². The fraction of sp³-hybridized carbons (Fsp3) is 0.625. The third-order valence-corrected chi connectivity index (χ3v) is 3.51. The molecule has 1 aliphatic rings. The van der Waals surface area contributed by atoms with E-state index in [4.69, 9.17) is 4.74 Å². The smallest absolute Gasteiger partial charge is 0.186 e. The lowest BCUT2D eigenvalue weighted by atomic mass is 10.3. The van der Waals surface area contributed by atoms with E-state index >= 15 is 0 Å². The van der Waals surface area contributed by atoms with Crippen LogP contribution < -0.4 is 4.90 Å². The molecule has 1 aromatic heterocycles. The predicted molar refractivity (Wildman–Crippen MR) is 57.4 cm³/mol. The highest BCUT2D eigenvalue weighted by molar-refractivity contribution is 9.11. The first-order valence-electron chi connectivity index (χ1n) is 4.23. The molecule has 0 aliphatic carbocycles. The molecule has 0 aromatic carbocycles. The van der Waals surface area contributed by atoms with Gasteiger partial charge in [-0.15, -0.1) is 0 Å². The highest BCUT2D eigenvalue weighted by Gasteiger charge is 2.18. The van der Waals surface area contributed by atoms with Crippen LogP contribution in [0.5, 0.6) is 0 Å². The average molecular weight is 263 g/mol. The van der Waals surface area contributed by atoms with Gasteiger partial charge in [0.15, 0.2) is 5.13 Å². The lowest BCUT2D eigenvalue weighted by Crippen LogP contribution is -2.41. The van der Waals surface area contributed by atoms with E-state index in [-0.39, 0.29) is 0 Å². The van der Waals surface area contributed by atoms with E-state index in [0.717, 1.165) is 28.6 Å². The van der Waals surface area contributed by atoms with Crippen LogP contribution in [0.3, 0.4) is 0 Å². The largest absolute Gasteiger partial charge is 0.375 e. The molecule has 0 radical (unpaired) electrons. The Morgan fingerprint density at radius 3 is 3.23 bits per heavy atom. The normalized spacial score (nSPS) is 23.5. The highest BCUT2D eigenvalue weighted by atomic mass is 79.9. The lowest BCUT2D eigenvalue weighted by Gasteiger charge is -2.30. The first-order valence-corrected chi connectivity index (χ1v) is 5.84. The second-order valence-electron chi connectivity index (χ2n) is 3.07. The number of thiazole rings is 1. The monoisotopic (exact) mass is 262 g/mol. The van der Waals surface area contributed by atoms with Crippen LogP contribution in [0.25, 0.3) is 0 Å². The summed E-state index contributed by atoms with van der Waals surface area (Å²) in [4.78, 5) is 6.58. The Morgan fingerprint density at radius 1 is 1.77 bits per heavy atom. The van der Waals surface area contributed by atoms with Crippen molar-refractivity contribution >= 4 is 32.4 Å². The summed E-state index contributed by atoms with van der Waals surface area (Å²) in [5.41, 5.74) is 0. The van der Waals surface area contributed by atoms with E-state index in [1.807, 2.05) is 6.20 Å². The van der Waals surface area contributed by atoms with Crippen LogP contribution in [0.2, 0.25) is 0 Å². The minimum Gasteiger partial charge on any atom is -0.375 e. The maximum Gasteiger partial charge on any atom is 0.186 e. The highest BCUT2D eigenvalue weighted by Crippen LogP contribution is 2.27. The third kappa shape index (κ3) is 2.21. The van der Waals surface area contributed by atoms with Crippen LogP contribution in [-0.4, -0.2) is 30.8 Å². The number of aromatic nitrogens is 1. The molecule has 1 fully saturated rings. The van der Waals surface area contributed by atoms with E-state index in [2.05, 4.69) is 32.7 Å². The molecule has 1 atom stereocenters. The van der Waals surface area contributed by atoms with Crippen molar-refractivity contribution in [2.45, 2.75) is 13.0 Å². The zero-order valence-corrected chi connectivity index (χ0v) is 9.77. The van der Waals surface area contributed by atoms with Gasteiger partial charge >= 0.3 is 0 Å². The van der Waals surface area contributed by atoms with Crippen molar-refractivity contribution in [3.05, 3.63) is 9.98 Å². The van der Waals surface area contributed by atoms with Gasteiger partial charge in [0.05, 0.1) is 22.7 Å². The van der Waals surface area contributed by atoms with Crippen LogP contribution in [0.15, 0.2) is 9.98 Å². The molecule has 1 aromatic rings. The topological polar surface area (TPSA) is 25.4 Å². The zero-order chi connectivity index (χ0) is 9.26. The number of hydrogen-bond acceptors (Lipinski definition) is 4. The third-order valence-electron chi connectivity index (χ3n) is 1.98. The minimum absolute atomic E-state index is 0.316. The number of anilines is 1. The predicted octanol–water partition coefficient (Wildman–Crippen LogP) is 2.13. The van der Waals surface area contributed by atoms with Crippen LogP contribution in [0.1, 0.15) is 6.92 Å². The number of hydrogen-bond donors (Lipinski definition) is 0. The Balaban J connectivity index is 2.08. The van der Waals surface area contributed by atoms with Crippen molar-refractivity contribution in [1.82, 2.24) is 4.98 Å². The lowest BCUT2D eigenvalue weighted by molar-refractivity contribution is 0.0532. The molecule has 5 heteroatoms. The summed E-state index contributed by atoms with van der Waals surface area (Å²) in [5.74, 6) is 0. The van der Waals surface area contributed by atoms with Gasteiger partial charge in [0, 0.05) is 13.1 Å². The Morgan fingerprint density at radius 2 is 2.62 bits per heavy atom. The number of rotatable bonds is 1. The summed E-state index contributed by atoms with van der Waals surface area (Å²) < 4.78 is 6.54. The molecule has 0 bridgehead atoms. The quantitative estimate of drug-likeness (QED) is 0.776. The fourth-order valence-electron chi connectivity index (χ4n) is 1.38. The van der Waals surface area contributed by atoms with Crippen molar-refractivity contribution in [3.8, 4) is 0 Å². The van der Waals surface area contributed by atoms with Gasteiger partial charge in [-0.05, 0) is 22.9 Å². The van der Waals surface area contributed by atoms with Gasteiger partial charge < -0.3 is 9.64 Å². The SMILES string of the molecule is CC1CN(c2ncc(Br)s2)CCO1. The number of halogens is 1. The van der Waals surface area contributed by atoms with E-state index in [9.17, 15) is 0 Å². The van der Waals surface area contributed by atoms with Crippen molar-refractivity contribution in [2.75, 3.05) is 24.6 Å². The molecular formula is C8H11BrN2OS. The summed E-state index contributed by atoms with van der Waals surface area (Å²) in [6, 6.07) is 0. The number of morpholine rings is 1. The molecule has 1 aliphatic heterocycles. The van der Waals surface area contributed by atoms with Gasteiger partial charge in [-0.25, -0.2) is 4.98 Å². The molecule has 0 spiro atoms. The first-order chi connectivity index (χ1) is 6.25. The molecule has 1 unspecified atom stereocenters. The van der Waals surface area contributed by atoms with Crippen molar-refractivity contribution in [2.24, 2.45) is 0 Å². The molecule has 0 N–H and O–H groups in total. The molecule has 3 nitrogen and oxygen atoms in total. The molecule has 2 rings (SSSR count). The van der Waals surface area contributed by atoms with Crippen LogP contribution in [0.4, 0.5) is 5.13 Å². The van der Waals surface area contributed by atoms with E-state index < -0.39 is 0 Å². The summed E-state index contributed by atoms with van der Waals surface area (Å²) in [5, 5.41) is 1.09. The van der Waals surface area contributed by atoms with E-state index in [1.54, 1.807) is 11.3 Å². The molecule has 13 heavy (non-hydrogen) atoms. The number of nitrogens with zero attached hydrogens (tertiary/aromatic N) is 2. The Bertz CT molecular complexity index is 291. The number of ether oxygens (including phenoxy) is 1. The zero-order valence-electron chi connectivity index (χ0n) is 7.36. The van der Waals surface area contributed by atoms with E-state index in [0.29, 0.717) is 6.10 Å².